The van der Waals surface area contributed by atoms with Gasteiger partial charge in [-0.15, -0.1) is 0 Å². The molecule has 3 rings (SSSR count). The highest BCUT2D eigenvalue weighted by molar-refractivity contribution is 7.89. The molecule has 10 heteroatoms. The molecule has 142 valence electrons. The number of benzene rings is 1. The van der Waals surface area contributed by atoms with E-state index >= 15 is 0 Å². The minimum atomic E-state index is -3.98. The van der Waals surface area contributed by atoms with Crippen molar-refractivity contribution < 1.29 is 27.5 Å². The monoisotopic (exact) mass is 385 g/mol. The van der Waals surface area contributed by atoms with E-state index in [0.717, 1.165) is 25.0 Å². The van der Waals surface area contributed by atoms with Crippen LogP contribution in [0.2, 0.25) is 0 Å². The zero-order valence-corrected chi connectivity index (χ0v) is 14.8. The number of carboxylic acids is 1. The molecule has 1 aliphatic carbocycles. The Bertz CT molecular complexity index is 817. The highest BCUT2D eigenvalue weighted by Crippen LogP contribution is 2.25. The van der Waals surface area contributed by atoms with E-state index in [1.165, 1.54) is 11.0 Å². The standard InChI is InChI=1S/C16H20FN3O5S/c17-13-4-3-12(9-14(13)26(24,25)19-11-1-2-11)18-16(23)20-7-5-10(6-8-20)15(21)22/h3-4,9-11,19H,1-2,5-8H2,(H,18,23)(H,21,22). The van der Waals surface area contributed by atoms with Gasteiger partial charge in [0.05, 0.1) is 5.92 Å². The molecule has 1 saturated carbocycles. The number of sulfonamides is 1. The van der Waals surface area contributed by atoms with Crippen LogP contribution in [-0.4, -0.2) is 49.6 Å². The van der Waals surface area contributed by atoms with Crippen molar-refractivity contribution in [1.82, 2.24) is 9.62 Å². The van der Waals surface area contributed by atoms with Gasteiger partial charge >= 0.3 is 12.0 Å². The Morgan fingerprint density at radius 1 is 1.15 bits per heavy atom. The first-order chi connectivity index (χ1) is 12.3. The number of hydrogen-bond acceptors (Lipinski definition) is 4. The molecule has 0 bridgehead atoms. The maximum atomic E-state index is 13.9. The number of amides is 2. The number of hydrogen-bond donors (Lipinski definition) is 3. The third-order valence-corrected chi connectivity index (χ3v) is 6.04. The normalized spacial score (nSPS) is 18.6. The number of anilines is 1. The van der Waals surface area contributed by atoms with Crippen LogP contribution in [0.1, 0.15) is 25.7 Å². The maximum absolute atomic E-state index is 13.9. The number of urea groups is 1. The Hall–Kier alpha value is -2.20. The van der Waals surface area contributed by atoms with Gasteiger partial charge in [-0.25, -0.2) is 22.3 Å². The van der Waals surface area contributed by atoms with E-state index in [1.54, 1.807) is 0 Å². The summed E-state index contributed by atoms with van der Waals surface area (Å²) in [7, 11) is -3.98. The third kappa shape index (κ3) is 4.31. The minimum Gasteiger partial charge on any atom is -0.481 e. The van der Waals surface area contributed by atoms with E-state index in [9.17, 15) is 22.4 Å². The van der Waals surface area contributed by atoms with Crippen LogP contribution < -0.4 is 10.0 Å². The number of carboxylic acid groups (broad SMARTS) is 1. The lowest BCUT2D eigenvalue weighted by molar-refractivity contribution is -0.143. The average Bonchev–Trinajstić information content (AvgIpc) is 3.39. The van der Waals surface area contributed by atoms with Gasteiger partial charge in [0.2, 0.25) is 10.0 Å². The highest BCUT2D eigenvalue weighted by Gasteiger charge is 2.30. The van der Waals surface area contributed by atoms with Crippen molar-refractivity contribution in [2.75, 3.05) is 18.4 Å². The summed E-state index contributed by atoms with van der Waals surface area (Å²) < 4.78 is 40.8. The Kier molecular flexibility index (Phi) is 5.15. The van der Waals surface area contributed by atoms with Gasteiger partial charge in [0, 0.05) is 24.8 Å². The van der Waals surface area contributed by atoms with Crippen LogP contribution in [0.3, 0.4) is 0 Å². The number of nitrogens with one attached hydrogen (secondary N) is 2. The maximum Gasteiger partial charge on any atom is 0.321 e. The molecule has 0 aromatic heterocycles. The zero-order valence-electron chi connectivity index (χ0n) is 13.9. The summed E-state index contributed by atoms with van der Waals surface area (Å²) in [5, 5.41) is 11.5. The number of aliphatic carboxylic acids is 1. The smallest absolute Gasteiger partial charge is 0.321 e. The van der Waals surface area contributed by atoms with E-state index in [1.807, 2.05) is 0 Å². The zero-order chi connectivity index (χ0) is 18.9. The number of carbonyl (C=O) groups excluding carboxylic acids is 1. The van der Waals surface area contributed by atoms with Crippen LogP contribution in [0.15, 0.2) is 23.1 Å². The largest absolute Gasteiger partial charge is 0.481 e. The number of rotatable bonds is 5. The number of carbonyl (C=O) groups is 2. The molecular formula is C16H20FN3O5S. The van der Waals surface area contributed by atoms with E-state index in [2.05, 4.69) is 10.0 Å². The Morgan fingerprint density at radius 2 is 1.81 bits per heavy atom. The van der Waals surface area contributed by atoms with Crippen LogP contribution in [0.4, 0.5) is 14.9 Å². The van der Waals surface area contributed by atoms with Crippen LogP contribution in [0.5, 0.6) is 0 Å². The molecule has 26 heavy (non-hydrogen) atoms. The highest BCUT2D eigenvalue weighted by atomic mass is 32.2. The van der Waals surface area contributed by atoms with Crippen molar-refractivity contribution in [1.29, 1.82) is 0 Å². The predicted octanol–water partition coefficient (Wildman–Crippen LogP) is 1.59. The second-order valence-corrected chi connectivity index (χ2v) is 8.25. The summed E-state index contributed by atoms with van der Waals surface area (Å²) in [6, 6.07) is 2.73. The molecule has 1 heterocycles. The van der Waals surface area contributed by atoms with E-state index in [4.69, 9.17) is 5.11 Å². The van der Waals surface area contributed by atoms with Gasteiger partial charge in [0.15, 0.2) is 0 Å². The quantitative estimate of drug-likeness (QED) is 0.712. The number of likely N-dealkylation sites (tertiary alicyclic amines) is 1. The summed E-state index contributed by atoms with van der Waals surface area (Å²) in [6.45, 7) is 0.580. The van der Waals surface area contributed by atoms with Crippen LogP contribution in [0, 0.1) is 11.7 Å². The van der Waals surface area contributed by atoms with Gasteiger partial charge in [0.1, 0.15) is 10.7 Å². The van der Waals surface area contributed by atoms with Gasteiger partial charge < -0.3 is 15.3 Å². The van der Waals surface area contributed by atoms with Gasteiger partial charge in [-0.2, -0.15) is 0 Å². The average molecular weight is 385 g/mol. The fourth-order valence-electron chi connectivity index (χ4n) is 2.80. The van der Waals surface area contributed by atoms with Crippen molar-refractivity contribution in [3.8, 4) is 0 Å². The van der Waals surface area contributed by atoms with Crippen LogP contribution in [-0.2, 0) is 14.8 Å². The van der Waals surface area contributed by atoms with Gasteiger partial charge in [0.25, 0.3) is 0 Å². The SMILES string of the molecule is O=C(O)C1CCN(C(=O)Nc2ccc(F)c(S(=O)(=O)NC3CC3)c2)CC1. The lowest BCUT2D eigenvalue weighted by Gasteiger charge is -2.30. The Morgan fingerprint density at radius 3 is 2.38 bits per heavy atom. The van der Waals surface area contributed by atoms with Gasteiger partial charge in [-0.1, -0.05) is 0 Å². The fourth-order valence-corrected chi connectivity index (χ4v) is 4.21. The Labute approximate surface area is 150 Å². The summed E-state index contributed by atoms with van der Waals surface area (Å²) in [5.41, 5.74) is 0.160. The molecule has 0 spiro atoms. The first-order valence-electron chi connectivity index (χ1n) is 8.37. The van der Waals surface area contributed by atoms with E-state index in [0.29, 0.717) is 25.9 Å². The number of halogens is 1. The fraction of sp³-hybridized carbons (Fsp3) is 0.500. The van der Waals surface area contributed by atoms with Gasteiger partial charge in [-0.05, 0) is 43.9 Å². The van der Waals surface area contributed by atoms with E-state index < -0.39 is 38.7 Å². The lowest BCUT2D eigenvalue weighted by atomic mass is 9.97. The summed E-state index contributed by atoms with van der Waals surface area (Å²) in [4.78, 5) is 24.2. The molecule has 1 aromatic carbocycles. The molecule has 1 saturated heterocycles. The number of nitrogens with zero attached hydrogens (tertiary/aromatic N) is 1. The first-order valence-corrected chi connectivity index (χ1v) is 9.85. The summed E-state index contributed by atoms with van der Waals surface area (Å²) in [6.07, 6.45) is 2.17. The minimum absolute atomic E-state index is 0.159. The molecule has 0 atom stereocenters. The molecule has 2 amide bonds. The number of piperidine rings is 1. The molecule has 1 aliphatic heterocycles. The second-order valence-electron chi connectivity index (χ2n) is 6.57. The van der Waals surface area contributed by atoms with Crippen molar-refractivity contribution in [2.45, 2.75) is 36.6 Å². The first kappa shape index (κ1) is 18.6. The van der Waals surface area contributed by atoms with Crippen LogP contribution >= 0.6 is 0 Å². The second kappa shape index (κ2) is 7.20. The van der Waals surface area contributed by atoms with Crippen LogP contribution in [0.25, 0.3) is 0 Å². The molecule has 2 aliphatic rings. The van der Waals surface area contributed by atoms with Crippen molar-refractivity contribution >= 4 is 27.7 Å². The molecule has 0 unspecified atom stereocenters. The molecule has 3 N–H and O–H groups in total. The van der Waals surface area contributed by atoms with Crippen molar-refractivity contribution in [3.63, 3.8) is 0 Å². The molecular weight excluding hydrogens is 365 g/mol. The third-order valence-electron chi connectivity index (χ3n) is 4.50. The Balaban J connectivity index is 1.67. The molecule has 1 aromatic rings. The molecule has 2 fully saturated rings. The molecule has 0 radical (unpaired) electrons. The lowest BCUT2D eigenvalue weighted by Crippen LogP contribution is -2.42. The molecule has 8 nitrogen and oxygen atoms in total. The van der Waals surface area contributed by atoms with E-state index in [-0.39, 0.29) is 11.7 Å². The van der Waals surface area contributed by atoms with Crippen molar-refractivity contribution in [2.24, 2.45) is 5.92 Å². The van der Waals surface area contributed by atoms with Gasteiger partial charge in [-0.3, -0.25) is 4.79 Å². The van der Waals surface area contributed by atoms with Crippen molar-refractivity contribution in [3.05, 3.63) is 24.0 Å². The summed E-state index contributed by atoms with van der Waals surface area (Å²) in [5.74, 6) is -2.23. The topological polar surface area (TPSA) is 116 Å². The summed E-state index contributed by atoms with van der Waals surface area (Å²) >= 11 is 0. The predicted molar refractivity (Wildman–Crippen MR) is 90.7 cm³/mol.